The van der Waals surface area contributed by atoms with E-state index in [0.29, 0.717) is 17.9 Å². The topological polar surface area (TPSA) is 149 Å². The predicted molar refractivity (Wildman–Crippen MR) is 146 cm³/mol. The van der Waals surface area contributed by atoms with Gasteiger partial charge in [0.05, 0.1) is 12.8 Å². The van der Waals surface area contributed by atoms with Gasteiger partial charge in [0.15, 0.2) is 5.69 Å². The van der Waals surface area contributed by atoms with Crippen molar-refractivity contribution in [1.29, 1.82) is 0 Å². The molecule has 12 heteroatoms. The van der Waals surface area contributed by atoms with E-state index in [4.69, 9.17) is 9.47 Å². The molecular weight excluding hydrogens is 524 g/mol. The van der Waals surface area contributed by atoms with Gasteiger partial charge in [-0.1, -0.05) is 13.8 Å². The normalized spacial score (nSPS) is 12.6. The highest BCUT2D eigenvalue weighted by Crippen LogP contribution is 2.36. The molecular formula is C27H34N4O7S. The minimum absolute atomic E-state index is 0.0150. The highest BCUT2D eigenvalue weighted by molar-refractivity contribution is 7.89. The van der Waals surface area contributed by atoms with Crippen LogP contribution in [0, 0.1) is 12.8 Å². The fourth-order valence-electron chi connectivity index (χ4n) is 3.60. The number of carboxylic acids is 1. The van der Waals surface area contributed by atoms with Gasteiger partial charge in [-0.15, -0.1) is 0 Å². The average molecular weight is 559 g/mol. The van der Waals surface area contributed by atoms with Crippen LogP contribution in [0.2, 0.25) is 0 Å². The lowest BCUT2D eigenvalue weighted by atomic mass is 10.1. The van der Waals surface area contributed by atoms with E-state index in [9.17, 15) is 23.1 Å². The number of aromatic nitrogens is 2. The van der Waals surface area contributed by atoms with Crippen LogP contribution in [-0.2, 0) is 14.8 Å². The van der Waals surface area contributed by atoms with Crippen molar-refractivity contribution in [1.82, 2.24) is 14.5 Å². The molecule has 0 fully saturated rings. The summed E-state index contributed by atoms with van der Waals surface area (Å²) in [6.07, 6.45) is 0.615. The number of nitrogens with one attached hydrogen (secondary N) is 2. The highest BCUT2D eigenvalue weighted by Gasteiger charge is 2.29. The molecule has 0 saturated heterocycles. The summed E-state index contributed by atoms with van der Waals surface area (Å²) < 4.78 is 42.1. The summed E-state index contributed by atoms with van der Waals surface area (Å²) in [4.78, 5) is 24.1. The monoisotopic (exact) mass is 558 g/mol. The summed E-state index contributed by atoms with van der Waals surface area (Å²) >= 11 is 0. The van der Waals surface area contributed by atoms with E-state index in [-0.39, 0.29) is 45.3 Å². The van der Waals surface area contributed by atoms with Gasteiger partial charge in [0.1, 0.15) is 16.4 Å². The van der Waals surface area contributed by atoms with Crippen molar-refractivity contribution in [2.24, 2.45) is 5.92 Å². The lowest BCUT2D eigenvalue weighted by molar-refractivity contribution is -0.119. The number of carbonyl (C=O) groups excluding carboxylic acids is 1. The number of benzene rings is 2. The zero-order valence-electron chi connectivity index (χ0n) is 23.0. The maximum absolute atomic E-state index is 13.5. The number of anilines is 1. The van der Waals surface area contributed by atoms with Crippen molar-refractivity contribution in [3.63, 3.8) is 0 Å². The Bertz CT molecular complexity index is 1470. The Morgan fingerprint density at radius 2 is 1.77 bits per heavy atom. The molecule has 3 aromatic rings. The van der Waals surface area contributed by atoms with Crippen molar-refractivity contribution in [2.75, 3.05) is 12.4 Å². The second-order valence-electron chi connectivity index (χ2n) is 10.1. The second kappa shape index (κ2) is 11.5. The lowest BCUT2D eigenvalue weighted by Crippen LogP contribution is -2.40. The number of rotatable bonds is 10. The number of methoxy groups -OCH3 is 1. The molecule has 1 amide bonds. The molecule has 0 radical (unpaired) electrons. The molecule has 0 unspecified atom stereocenters. The van der Waals surface area contributed by atoms with E-state index in [1.807, 2.05) is 6.92 Å². The van der Waals surface area contributed by atoms with E-state index in [2.05, 4.69) is 15.1 Å². The Morgan fingerprint density at radius 1 is 1.13 bits per heavy atom. The first-order valence-corrected chi connectivity index (χ1v) is 13.8. The summed E-state index contributed by atoms with van der Waals surface area (Å²) in [6.45, 7) is 10.3. The number of carbonyl (C=O) groups is 2. The summed E-state index contributed by atoms with van der Waals surface area (Å²) in [5.74, 6) is -1.28. The smallest absolute Gasteiger partial charge is 0.356 e. The summed E-state index contributed by atoms with van der Waals surface area (Å²) in [7, 11) is -2.63. The molecule has 11 nitrogen and oxygen atoms in total. The molecule has 1 atom stereocenters. The summed E-state index contributed by atoms with van der Waals surface area (Å²) in [5, 5.41) is 16.6. The molecule has 0 aliphatic heterocycles. The fraction of sp³-hybridized carbons (Fsp3) is 0.370. The van der Waals surface area contributed by atoms with Crippen LogP contribution >= 0.6 is 0 Å². The van der Waals surface area contributed by atoms with Crippen LogP contribution in [0.3, 0.4) is 0 Å². The van der Waals surface area contributed by atoms with E-state index in [0.717, 1.165) is 0 Å². The Morgan fingerprint density at radius 3 is 2.31 bits per heavy atom. The maximum Gasteiger partial charge on any atom is 0.356 e. The quantitative estimate of drug-likeness (QED) is 0.323. The Kier molecular flexibility index (Phi) is 8.71. The summed E-state index contributed by atoms with van der Waals surface area (Å²) in [5.41, 5.74) is -0.136. The first kappa shape index (κ1) is 29.7. The Balaban J connectivity index is 2.17. The van der Waals surface area contributed by atoms with Crippen molar-refractivity contribution < 1.29 is 32.6 Å². The van der Waals surface area contributed by atoms with E-state index in [1.54, 1.807) is 52.0 Å². The third-order valence-electron chi connectivity index (χ3n) is 5.80. The largest absolute Gasteiger partial charge is 0.497 e. The van der Waals surface area contributed by atoms with Gasteiger partial charge in [0, 0.05) is 22.7 Å². The highest BCUT2D eigenvalue weighted by atomic mass is 32.2. The number of ether oxygens (including phenoxy) is 2. The van der Waals surface area contributed by atoms with Crippen molar-refractivity contribution >= 4 is 27.6 Å². The molecule has 0 spiro atoms. The second-order valence-corrected chi connectivity index (χ2v) is 11.8. The van der Waals surface area contributed by atoms with Crippen LogP contribution in [0.4, 0.5) is 5.69 Å². The van der Waals surface area contributed by atoms with Gasteiger partial charge in [-0.05, 0) is 76.6 Å². The van der Waals surface area contributed by atoms with E-state index in [1.165, 1.54) is 36.9 Å². The number of aromatic carboxylic acids is 1. The fourth-order valence-corrected chi connectivity index (χ4v) is 5.17. The minimum atomic E-state index is -4.15. The first-order valence-electron chi connectivity index (χ1n) is 12.3. The van der Waals surface area contributed by atoms with Crippen LogP contribution in [-0.4, -0.2) is 47.8 Å². The van der Waals surface area contributed by atoms with Gasteiger partial charge < -0.3 is 19.9 Å². The maximum atomic E-state index is 13.5. The molecule has 3 N–H and O–H groups in total. The van der Waals surface area contributed by atoms with Gasteiger partial charge in [0.25, 0.3) is 0 Å². The molecule has 1 aromatic heterocycles. The first-order chi connectivity index (χ1) is 18.2. The molecule has 39 heavy (non-hydrogen) atoms. The predicted octanol–water partition coefficient (Wildman–Crippen LogP) is 4.74. The molecule has 2 aromatic carbocycles. The number of carboxylic acid groups (broad SMARTS) is 1. The van der Waals surface area contributed by atoms with Gasteiger partial charge >= 0.3 is 5.97 Å². The van der Waals surface area contributed by atoms with Crippen molar-refractivity contribution in [2.45, 2.75) is 58.4 Å². The third-order valence-corrected chi connectivity index (χ3v) is 7.58. The molecule has 210 valence electrons. The van der Waals surface area contributed by atoms with E-state index >= 15 is 0 Å². The van der Waals surface area contributed by atoms with Crippen LogP contribution in [0.25, 0.3) is 5.69 Å². The van der Waals surface area contributed by atoms with Gasteiger partial charge in [0.2, 0.25) is 21.8 Å². The number of sulfonamides is 1. The van der Waals surface area contributed by atoms with E-state index < -0.39 is 21.5 Å². The third kappa shape index (κ3) is 6.95. The van der Waals surface area contributed by atoms with Crippen molar-refractivity contribution in [3.8, 4) is 23.1 Å². The van der Waals surface area contributed by atoms with Crippen molar-refractivity contribution in [3.05, 3.63) is 53.7 Å². The molecule has 0 aliphatic carbocycles. The molecule has 0 aliphatic rings. The standard InChI is InChI=1S/C27H34N4O7S/c1-8-16(2)24(32)28-18-9-14-21(22(15-18)39(35,36)30-27(4,5)6)38-25-17(3)23(26(33)34)29-31(25)19-10-12-20(37-7)13-11-19/h9-16,30H,8H2,1-7H3,(H,28,32)(H,33,34)/t16-/m1/s1. The Labute approximate surface area is 228 Å². The average Bonchev–Trinajstić information content (AvgIpc) is 3.19. The number of hydrogen-bond acceptors (Lipinski definition) is 7. The van der Waals surface area contributed by atoms with Gasteiger partial charge in [-0.3, -0.25) is 4.79 Å². The van der Waals surface area contributed by atoms with Crippen LogP contribution < -0.4 is 19.5 Å². The van der Waals surface area contributed by atoms with Gasteiger partial charge in [-0.25, -0.2) is 17.9 Å². The van der Waals surface area contributed by atoms with Crippen LogP contribution in [0.15, 0.2) is 47.4 Å². The van der Waals surface area contributed by atoms with Crippen LogP contribution in [0.5, 0.6) is 17.4 Å². The van der Waals surface area contributed by atoms with Gasteiger partial charge in [-0.2, -0.15) is 9.78 Å². The molecule has 0 saturated carbocycles. The zero-order valence-corrected chi connectivity index (χ0v) is 23.8. The molecule has 3 rings (SSSR count). The lowest BCUT2D eigenvalue weighted by Gasteiger charge is -2.22. The number of nitrogens with zero attached hydrogens (tertiary/aromatic N) is 2. The van der Waals surface area contributed by atoms with Crippen LogP contribution in [0.1, 0.15) is 57.1 Å². The minimum Gasteiger partial charge on any atom is -0.497 e. The zero-order chi connectivity index (χ0) is 29.1. The molecule has 0 bridgehead atoms. The summed E-state index contributed by atoms with van der Waals surface area (Å²) in [6, 6.07) is 10.9. The molecule has 1 heterocycles. The number of hydrogen-bond donors (Lipinski definition) is 3. The Hall–Kier alpha value is -3.90. The SMILES string of the molecule is CC[C@@H](C)C(=O)Nc1ccc(Oc2c(C)c(C(=O)O)nn2-c2ccc(OC)cc2)c(S(=O)(=O)NC(C)(C)C)c1. The number of amides is 1.